The number of nitrogens with zero attached hydrogens (tertiary/aromatic N) is 3. The first-order valence-corrected chi connectivity index (χ1v) is 9.12. The number of aromatic nitrogens is 1. The number of amides is 1. The van der Waals surface area contributed by atoms with Gasteiger partial charge in [-0.1, -0.05) is 6.07 Å². The van der Waals surface area contributed by atoms with Gasteiger partial charge in [0, 0.05) is 23.3 Å². The van der Waals surface area contributed by atoms with Crippen LogP contribution in [0.3, 0.4) is 0 Å². The molecule has 1 fully saturated rings. The SMILES string of the molecule is C/C(=N/NC(=O)Cc1csc(N2CCOCC2)n1)c1cccs1. The number of thiophene rings is 1. The number of nitrogens with one attached hydrogen (secondary N) is 1. The smallest absolute Gasteiger partial charge is 0.246 e. The van der Waals surface area contributed by atoms with Crippen LogP contribution in [0.2, 0.25) is 0 Å². The zero-order chi connectivity index (χ0) is 16.1. The van der Waals surface area contributed by atoms with Crippen molar-refractivity contribution in [2.75, 3.05) is 31.2 Å². The van der Waals surface area contributed by atoms with Crippen molar-refractivity contribution in [3.63, 3.8) is 0 Å². The van der Waals surface area contributed by atoms with Crippen molar-refractivity contribution in [2.24, 2.45) is 5.10 Å². The van der Waals surface area contributed by atoms with Gasteiger partial charge in [-0.05, 0) is 18.4 Å². The summed E-state index contributed by atoms with van der Waals surface area (Å²) >= 11 is 3.16. The Labute approximate surface area is 142 Å². The molecule has 0 aromatic carbocycles. The number of carbonyl (C=O) groups is 1. The van der Waals surface area contributed by atoms with Crippen LogP contribution in [0, 0.1) is 0 Å². The van der Waals surface area contributed by atoms with E-state index in [2.05, 4.69) is 20.4 Å². The monoisotopic (exact) mass is 350 g/mol. The molecule has 3 heterocycles. The van der Waals surface area contributed by atoms with Crippen molar-refractivity contribution < 1.29 is 9.53 Å². The molecule has 1 N–H and O–H groups in total. The van der Waals surface area contributed by atoms with Gasteiger partial charge in [-0.2, -0.15) is 5.10 Å². The quantitative estimate of drug-likeness (QED) is 0.663. The van der Waals surface area contributed by atoms with Crippen molar-refractivity contribution in [2.45, 2.75) is 13.3 Å². The van der Waals surface area contributed by atoms with Crippen LogP contribution >= 0.6 is 22.7 Å². The molecule has 6 nitrogen and oxygen atoms in total. The van der Waals surface area contributed by atoms with Crippen LogP contribution in [0.15, 0.2) is 28.0 Å². The molecule has 0 aliphatic carbocycles. The van der Waals surface area contributed by atoms with Gasteiger partial charge in [0.1, 0.15) is 0 Å². The predicted molar refractivity (Wildman–Crippen MR) is 93.5 cm³/mol. The van der Waals surface area contributed by atoms with Gasteiger partial charge in [-0.15, -0.1) is 22.7 Å². The third-order valence-electron chi connectivity index (χ3n) is 3.39. The molecule has 0 bridgehead atoms. The first-order valence-electron chi connectivity index (χ1n) is 7.36. The molecule has 0 spiro atoms. The molecule has 0 radical (unpaired) electrons. The number of carbonyl (C=O) groups excluding carboxylic acids is 1. The lowest BCUT2D eigenvalue weighted by Crippen LogP contribution is -2.36. The average molecular weight is 350 g/mol. The highest BCUT2D eigenvalue weighted by Crippen LogP contribution is 2.21. The summed E-state index contributed by atoms with van der Waals surface area (Å²) in [7, 11) is 0. The zero-order valence-corrected chi connectivity index (χ0v) is 14.5. The summed E-state index contributed by atoms with van der Waals surface area (Å²) in [6.45, 7) is 5.04. The van der Waals surface area contributed by atoms with E-state index >= 15 is 0 Å². The molecule has 1 amide bonds. The van der Waals surface area contributed by atoms with Crippen LogP contribution in [0.4, 0.5) is 5.13 Å². The van der Waals surface area contributed by atoms with E-state index in [0.29, 0.717) is 0 Å². The van der Waals surface area contributed by atoms with Crippen LogP contribution in [0.5, 0.6) is 0 Å². The minimum atomic E-state index is -0.153. The van der Waals surface area contributed by atoms with Crippen LogP contribution in [-0.4, -0.2) is 42.9 Å². The lowest BCUT2D eigenvalue weighted by atomic mass is 10.3. The Hall–Kier alpha value is -1.77. The average Bonchev–Trinajstić information content (AvgIpc) is 3.25. The Morgan fingerprint density at radius 1 is 1.43 bits per heavy atom. The Morgan fingerprint density at radius 2 is 2.26 bits per heavy atom. The highest BCUT2D eigenvalue weighted by atomic mass is 32.1. The second-order valence-electron chi connectivity index (χ2n) is 5.11. The summed E-state index contributed by atoms with van der Waals surface area (Å²) in [5.41, 5.74) is 4.18. The van der Waals surface area contributed by atoms with E-state index in [1.54, 1.807) is 22.7 Å². The van der Waals surface area contributed by atoms with Gasteiger partial charge in [-0.25, -0.2) is 10.4 Å². The van der Waals surface area contributed by atoms with E-state index in [9.17, 15) is 4.79 Å². The van der Waals surface area contributed by atoms with Gasteiger partial charge in [0.25, 0.3) is 0 Å². The van der Waals surface area contributed by atoms with Crippen LogP contribution < -0.4 is 10.3 Å². The van der Waals surface area contributed by atoms with Crippen molar-refractivity contribution in [1.82, 2.24) is 10.4 Å². The summed E-state index contributed by atoms with van der Waals surface area (Å²) in [6.07, 6.45) is 0.238. The summed E-state index contributed by atoms with van der Waals surface area (Å²) < 4.78 is 5.33. The summed E-state index contributed by atoms with van der Waals surface area (Å²) in [6, 6.07) is 3.94. The third-order valence-corrected chi connectivity index (χ3v) is 5.32. The first-order chi connectivity index (χ1) is 11.2. The van der Waals surface area contributed by atoms with Crippen LogP contribution in [-0.2, 0) is 16.0 Å². The molecule has 0 saturated carbocycles. The predicted octanol–water partition coefficient (Wildman–Crippen LogP) is 2.12. The Balaban J connectivity index is 1.54. The van der Waals surface area contributed by atoms with E-state index in [1.807, 2.05) is 29.8 Å². The first kappa shape index (κ1) is 16.1. The lowest BCUT2D eigenvalue weighted by Gasteiger charge is -2.26. The Morgan fingerprint density at radius 3 is 3.00 bits per heavy atom. The topological polar surface area (TPSA) is 66.8 Å². The summed E-state index contributed by atoms with van der Waals surface area (Å²) in [5.74, 6) is -0.153. The molecular weight excluding hydrogens is 332 g/mol. The fourth-order valence-corrected chi connectivity index (χ4v) is 3.72. The number of thiazole rings is 1. The number of hydrazone groups is 1. The minimum absolute atomic E-state index is 0.153. The maximum Gasteiger partial charge on any atom is 0.246 e. The minimum Gasteiger partial charge on any atom is -0.378 e. The zero-order valence-electron chi connectivity index (χ0n) is 12.8. The van der Waals surface area contributed by atoms with Gasteiger partial charge in [0.2, 0.25) is 5.91 Å². The number of hydrogen-bond acceptors (Lipinski definition) is 7. The molecule has 2 aromatic rings. The van der Waals surface area contributed by atoms with E-state index in [1.165, 1.54) is 0 Å². The highest BCUT2D eigenvalue weighted by Gasteiger charge is 2.15. The highest BCUT2D eigenvalue weighted by molar-refractivity contribution is 7.13. The number of morpholine rings is 1. The van der Waals surface area contributed by atoms with E-state index in [4.69, 9.17) is 4.74 Å². The van der Waals surface area contributed by atoms with E-state index < -0.39 is 0 Å². The maximum atomic E-state index is 12.0. The fraction of sp³-hybridized carbons (Fsp3) is 0.400. The van der Waals surface area contributed by atoms with Crippen LogP contribution in [0.25, 0.3) is 0 Å². The number of hydrogen-bond donors (Lipinski definition) is 1. The molecule has 1 aliphatic heterocycles. The van der Waals surface area contributed by atoms with Crippen molar-refractivity contribution in [3.05, 3.63) is 33.5 Å². The maximum absolute atomic E-state index is 12.0. The van der Waals surface area contributed by atoms with E-state index in [-0.39, 0.29) is 12.3 Å². The second kappa shape index (κ2) is 7.67. The van der Waals surface area contributed by atoms with Gasteiger partial charge in [0.05, 0.1) is 31.0 Å². The van der Waals surface area contributed by atoms with Crippen molar-refractivity contribution in [1.29, 1.82) is 0 Å². The summed E-state index contributed by atoms with van der Waals surface area (Å²) in [5, 5.41) is 9.00. The van der Waals surface area contributed by atoms with Crippen molar-refractivity contribution in [3.8, 4) is 0 Å². The van der Waals surface area contributed by atoms with Gasteiger partial charge >= 0.3 is 0 Å². The molecule has 1 saturated heterocycles. The molecule has 122 valence electrons. The van der Waals surface area contributed by atoms with Crippen molar-refractivity contribution >= 4 is 39.4 Å². The second-order valence-corrected chi connectivity index (χ2v) is 6.89. The van der Waals surface area contributed by atoms with Gasteiger partial charge in [-0.3, -0.25) is 4.79 Å². The molecule has 1 aliphatic rings. The normalized spacial score (nSPS) is 15.7. The molecule has 3 rings (SSSR count). The Kier molecular flexibility index (Phi) is 5.37. The van der Waals surface area contributed by atoms with Crippen LogP contribution in [0.1, 0.15) is 17.5 Å². The molecule has 0 atom stereocenters. The third kappa shape index (κ3) is 4.37. The van der Waals surface area contributed by atoms with E-state index in [0.717, 1.165) is 47.7 Å². The molecule has 0 unspecified atom stereocenters. The lowest BCUT2D eigenvalue weighted by molar-refractivity contribution is -0.120. The molecule has 2 aromatic heterocycles. The summed E-state index contributed by atoms with van der Waals surface area (Å²) in [4.78, 5) is 19.8. The number of rotatable bonds is 5. The number of ether oxygens (including phenoxy) is 1. The van der Waals surface area contributed by atoms with Gasteiger partial charge in [0.15, 0.2) is 5.13 Å². The standard InChI is InChI=1S/C15H18N4O2S2/c1-11(13-3-2-8-22-13)17-18-14(20)9-12-10-23-15(16-12)19-4-6-21-7-5-19/h2-3,8,10H,4-7,9H2,1H3,(H,18,20)/b17-11-. The number of anilines is 1. The Bertz CT molecular complexity index is 675. The molecule has 23 heavy (non-hydrogen) atoms. The molecule has 8 heteroatoms. The fourth-order valence-electron chi connectivity index (χ4n) is 2.17. The molecular formula is C15H18N4O2S2. The van der Waals surface area contributed by atoms with Gasteiger partial charge < -0.3 is 9.64 Å². The largest absolute Gasteiger partial charge is 0.378 e.